The maximum atomic E-state index is 13.3. The van der Waals surface area contributed by atoms with Gasteiger partial charge >= 0.3 is 17.8 Å². The van der Waals surface area contributed by atoms with E-state index in [1.807, 2.05) is 51.1 Å². The number of unbranched alkanes of at least 4 members (excludes halogenated alkanes) is 1. The van der Waals surface area contributed by atoms with E-state index in [2.05, 4.69) is 4.98 Å². The Morgan fingerprint density at radius 3 is 2.11 bits per heavy atom. The largest absolute Gasteiger partial charge is 0.515 e. The van der Waals surface area contributed by atoms with Crippen molar-refractivity contribution in [3.8, 4) is 11.6 Å². The highest BCUT2D eigenvalue weighted by molar-refractivity contribution is 5.75. The lowest BCUT2D eigenvalue weighted by atomic mass is 9.91. The van der Waals surface area contributed by atoms with E-state index < -0.39 is 22.8 Å². The average molecular weight is 509 g/mol. The first-order valence-corrected chi connectivity index (χ1v) is 12.2. The van der Waals surface area contributed by atoms with Gasteiger partial charge in [-0.1, -0.05) is 55.5 Å². The molecule has 2 aromatic carbocycles. The second-order valence-electron chi connectivity index (χ2n) is 9.16. The Labute approximate surface area is 215 Å². The standard InChI is InChI=1S/C28H32N2O7/c1-4-28(2,3)25(32)35-17-11-12-18-36-27(34)37-23-22(19-20-13-7-5-8-14-20)24(31)30(26(33)29-23)21-15-9-6-10-16-21/h5-10,13-16H,4,11-12,17-19H2,1-3H3,(H,29,33). The Kier molecular flexibility index (Phi) is 9.43. The van der Waals surface area contributed by atoms with Gasteiger partial charge in [-0.05, 0) is 50.8 Å². The summed E-state index contributed by atoms with van der Waals surface area (Å²) in [5.41, 5.74) is -0.586. The molecule has 0 unspecified atom stereocenters. The Bertz CT molecular complexity index is 1310. The van der Waals surface area contributed by atoms with Crippen LogP contribution in [0.5, 0.6) is 5.88 Å². The Balaban J connectivity index is 1.68. The smallest absolute Gasteiger partial charge is 0.465 e. The second-order valence-corrected chi connectivity index (χ2v) is 9.16. The van der Waals surface area contributed by atoms with Gasteiger partial charge < -0.3 is 14.2 Å². The van der Waals surface area contributed by atoms with E-state index in [4.69, 9.17) is 14.2 Å². The molecule has 0 spiro atoms. The first-order valence-electron chi connectivity index (χ1n) is 12.2. The number of H-pyrrole nitrogens is 1. The molecule has 0 saturated carbocycles. The van der Waals surface area contributed by atoms with Crippen molar-refractivity contribution in [2.24, 2.45) is 5.41 Å². The fourth-order valence-electron chi connectivity index (χ4n) is 3.38. The number of hydrogen-bond acceptors (Lipinski definition) is 7. The van der Waals surface area contributed by atoms with E-state index in [1.54, 1.807) is 30.3 Å². The lowest BCUT2D eigenvalue weighted by molar-refractivity contribution is -0.154. The van der Waals surface area contributed by atoms with E-state index in [0.29, 0.717) is 24.9 Å². The summed E-state index contributed by atoms with van der Waals surface area (Å²) in [6, 6.07) is 17.6. The predicted octanol–water partition coefficient (Wildman–Crippen LogP) is 4.39. The zero-order valence-corrected chi connectivity index (χ0v) is 21.3. The van der Waals surface area contributed by atoms with Gasteiger partial charge in [0.1, 0.15) is 0 Å². The number of nitrogens with zero attached hydrogens (tertiary/aromatic N) is 1. The summed E-state index contributed by atoms with van der Waals surface area (Å²) < 4.78 is 16.6. The molecule has 0 saturated heterocycles. The molecule has 1 aromatic heterocycles. The van der Waals surface area contributed by atoms with E-state index in [9.17, 15) is 19.2 Å². The minimum atomic E-state index is -1.05. The van der Waals surface area contributed by atoms with Crippen LogP contribution in [0.4, 0.5) is 4.79 Å². The number of aromatic amines is 1. The number of carbonyl (C=O) groups excluding carboxylic acids is 2. The van der Waals surface area contributed by atoms with Crippen LogP contribution in [0.1, 0.15) is 51.2 Å². The molecule has 3 rings (SSSR count). The van der Waals surface area contributed by atoms with Crippen molar-refractivity contribution >= 4 is 12.1 Å². The van der Waals surface area contributed by atoms with Crippen LogP contribution in [0, 0.1) is 5.41 Å². The minimum absolute atomic E-state index is 0.0207. The fraction of sp³-hybridized carbons (Fsp3) is 0.357. The van der Waals surface area contributed by atoms with Crippen LogP contribution in [-0.4, -0.2) is 34.9 Å². The van der Waals surface area contributed by atoms with Gasteiger partial charge in [-0.2, -0.15) is 0 Å². The summed E-state index contributed by atoms with van der Waals surface area (Å²) in [6.07, 6.45) is 0.696. The van der Waals surface area contributed by atoms with Gasteiger partial charge in [0.05, 0.1) is 29.9 Å². The van der Waals surface area contributed by atoms with E-state index in [-0.39, 0.29) is 37.0 Å². The van der Waals surface area contributed by atoms with Crippen LogP contribution in [0.3, 0.4) is 0 Å². The Morgan fingerprint density at radius 1 is 0.892 bits per heavy atom. The summed E-state index contributed by atoms with van der Waals surface area (Å²) in [6.45, 7) is 5.80. The summed E-state index contributed by atoms with van der Waals surface area (Å²) in [5.74, 6) is -0.526. The highest BCUT2D eigenvalue weighted by Crippen LogP contribution is 2.21. The third-order valence-corrected chi connectivity index (χ3v) is 6.01. The Morgan fingerprint density at radius 2 is 1.49 bits per heavy atom. The molecule has 0 aliphatic rings. The lowest BCUT2D eigenvalue weighted by Crippen LogP contribution is -2.37. The molecule has 1 N–H and O–H groups in total. The normalized spacial score (nSPS) is 11.1. The van der Waals surface area contributed by atoms with Crippen LogP contribution in [-0.2, 0) is 20.7 Å². The molecule has 0 aliphatic carbocycles. The quantitative estimate of drug-likeness (QED) is 0.302. The van der Waals surface area contributed by atoms with E-state index >= 15 is 0 Å². The summed E-state index contributed by atoms with van der Waals surface area (Å²) >= 11 is 0. The van der Waals surface area contributed by atoms with Crippen molar-refractivity contribution < 1.29 is 23.8 Å². The van der Waals surface area contributed by atoms with Gasteiger partial charge in [0.15, 0.2) is 0 Å². The average Bonchev–Trinajstić information content (AvgIpc) is 2.89. The first-order chi connectivity index (χ1) is 17.7. The molecule has 0 amide bonds. The molecular formula is C28H32N2O7. The van der Waals surface area contributed by atoms with Crippen LogP contribution in [0.15, 0.2) is 70.3 Å². The van der Waals surface area contributed by atoms with Gasteiger partial charge in [-0.3, -0.25) is 14.6 Å². The highest BCUT2D eigenvalue weighted by atomic mass is 16.7. The molecule has 9 heteroatoms. The number of hydrogen-bond donors (Lipinski definition) is 1. The number of aromatic nitrogens is 2. The van der Waals surface area contributed by atoms with Crippen LogP contribution in [0.25, 0.3) is 5.69 Å². The summed E-state index contributed by atoms with van der Waals surface area (Å²) in [5, 5.41) is 0. The van der Waals surface area contributed by atoms with Crippen molar-refractivity contribution in [3.63, 3.8) is 0 Å². The van der Waals surface area contributed by atoms with Crippen molar-refractivity contribution in [3.05, 3.63) is 92.6 Å². The molecule has 0 radical (unpaired) electrons. The maximum absolute atomic E-state index is 13.3. The third-order valence-electron chi connectivity index (χ3n) is 6.01. The van der Waals surface area contributed by atoms with Crippen LogP contribution in [0.2, 0.25) is 0 Å². The number of benzene rings is 2. The lowest BCUT2D eigenvalue weighted by Gasteiger charge is -2.20. The highest BCUT2D eigenvalue weighted by Gasteiger charge is 2.26. The number of rotatable bonds is 11. The molecule has 0 bridgehead atoms. The zero-order chi connectivity index (χ0) is 26.8. The Hall–Kier alpha value is -4.14. The molecule has 1 heterocycles. The molecule has 0 fully saturated rings. The molecule has 0 aliphatic heterocycles. The first kappa shape index (κ1) is 27.4. The van der Waals surface area contributed by atoms with Crippen LogP contribution >= 0.6 is 0 Å². The van der Waals surface area contributed by atoms with Gasteiger partial charge in [-0.15, -0.1) is 0 Å². The molecule has 37 heavy (non-hydrogen) atoms. The summed E-state index contributed by atoms with van der Waals surface area (Å²) in [7, 11) is 0. The van der Waals surface area contributed by atoms with Gasteiger partial charge in [-0.25, -0.2) is 14.2 Å². The minimum Gasteiger partial charge on any atom is -0.465 e. The van der Waals surface area contributed by atoms with Crippen molar-refractivity contribution in [1.82, 2.24) is 9.55 Å². The molecule has 0 atom stereocenters. The molecular weight excluding hydrogens is 476 g/mol. The summed E-state index contributed by atoms with van der Waals surface area (Å²) in [4.78, 5) is 52.9. The predicted molar refractivity (Wildman–Crippen MR) is 138 cm³/mol. The van der Waals surface area contributed by atoms with Gasteiger partial charge in [0.2, 0.25) is 5.88 Å². The SMILES string of the molecule is CCC(C)(C)C(=O)OCCCCOC(=O)Oc1[nH]c(=O)n(-c2ccccc2)c(=O)c1Cc1ccccc1. The van der Waals surface area contributed by atoms with Crippen LogP contribution < -0.4 is 16.0 Å². The van der Waals surface area contributed by atoms with Crippen molar-refractivity contribution in [2.75, 3.05) is 13.2 Å². The molecule has 196 valence electrons. The number of ether oxygens (including phenoxy) is 3. The van der Waals surface area contributed by atoms with Gasteiger partial charge in [0, 0.05) is 6.42 Å². The van der Waals surface area contributed by atoms with Crippen molar-refractivity contribution in [1.29, 1.82) is 0 Å². The van der Waals surface area contributed by atoms with Crippen molar-refractivity contribution in [2.45, 2.75) is 46.5 Å². The number of nitrogens with one attached hydrogen (secondary N) is 1. The third kappa shape index (κ3) is 7.42. The van der Waals surface area contributed by atoms with E-state index in [0.717, 1.165) is 10.1 Å². The zero-order valence-electron chi connectivity index (χ0n) is 21.3. The van der Waals surface area contributed by atoms with Gasteiger partial charge in [0.25, 0.3) is 5.56 Å². The maximum Gasteiger partial charge on any atom is 0.515 e. The number of carbonyl (C=O) groups is 2. The van der Waals surface area contributed by atoms with E-state index in [1.165, 1.54) is 0 Å². The second kappa shape index (κ2) is 12.7. The molecule has 3 aromatic rings. The molecule has 9 nitrogen and oxygen atoms in total. The monoisotopic (exact) mass is 508 g/mol. The number of para-hydroxylation sites is 1. The number of esters is 1. The fourth-order valence-corrected chi connectivity index (χ4v) is 3.38. The topological polar surface area (TPSA) is 117 Å².